The molecule has 0 spiro atoms. The number of nitro groups is 1. The van der Waals surface area contributed by atoms with E-state index in [0.717, 1.165) is 11.8 Å². The molecule has 0 saturated heterocycles. The van der Waals surface area contributed by atoms with Gasteiger partial charge in [-0.05, 0) is 76.9 Å². The number of carbonyl (C=O) groups excluding carboxylic acids is 1. The monoisotopic (exact) mass is 436 g/mol. The van der Waals surface area contributed by atoms with Gasteiger partial charge >= 0.3 is 5.82 Å². The summed E-state index contributed by atoms with van der Waals surface area (Å²) in [5, 5.41) is 17.8. The van der Waals surface area contributed by atoms with Crippen molar-refractivity contribution in [2.24, 2.45) is 17.8 Å². The van der Waals surface area contributed by atoms with Gasteiger partial charge in [-0.25, -0.2) is 0 Å². The summed E-state index contributed by atoms with van der Waals surface area (Å²) in [5.74, 6) is 2.43. The Bertz CT molecular complexity index is 877. The van der Waals surface area contributed by atoms with Crippen molar-refractivity contribution in [3.05, 3.63) is 44.4 Å². The molecule has 2 aliphatic rings. The van der Waals surface area contributed by atoms with Crippen LogP contribution in [0.4, 0.5) is 5.82 Å². The third kappa shape index (κ3) is 3.65. The molecule has 4 unspecified atom stereocenters. The first-order chi connectivity index (χ1) is 12.9. The number of nitrogens with zero attached hydrogens (tertiary/aromatic N) is 3. The van der Waals surface area contributed by atoms with Crippen LogP contribution < -0.4 is 5.32 Å². The summed E-state index contributed by atoms with van der Waals surface area (Å²) in [6.07, 6.45) is 6.65. The van der Waals surface area contributed by atoms with Crippen LogP contribution in [-0.2, 0) is 6.54 Å². The second kappa shape index (κ2) is 7.10. The first-order valence-electron chi connectivity index (χ1n) is 9.17. The van der Waals surface area contributed by atoms with Crippen LogP contribution in [0.25, 0.3) is 0 Å². The molecule has 144 valence electrons. The Balaban J connectivity index is 1.38. The molecule has 8 nitrogen and oxygen atoms in total. The molecule has 2 aromatic heterocycles. The van der Waals surface area contributed by atoms with Gasteiger partial charge in [-0.2, -0.15) is 4.68 Å². The average Bonchev–Trinajstić information content (AvgIpc) is 3.38. The summed E-state index contributed by atoms with van der Waals surface area (Å²) >= 11 is 3.11. The van der Waals surface area contributed by atoms with Gasteiger partial charge in [0, 0.05) is 6.04 Å². The highest BCUT2D eigenvalue weighted by atomic mass is 79.9. The summed E-state index contributed by atoms with van der Waals surface area (Å²) in [7, 11) is 0. The summed E-state index contributed by atoms with van der Waals surface area (Å²) in [4.78, 5) is 22.8. The number of rotatable bonds is 6. The van der Waals surface area contributed by atoms with E-state index in [0.29, 0.717) is 16.2 Å². The normalized spacial score (nSPS) is 24.9. The van der Waals surface area contributed by atoms with Crippen LogP contribution in [0.1, 0.15) is 48.9 Å². The van der Waals surface area contributed by atoms with Crippen LogP contribution in [-0.4, -0.2) is 26.7 Å². The first kappa shape index (κ1) is 18.2. The lowest BCUT2D eigenvalue weighted by atomic mass is 9.84. The zero-order chi connectivity index (χ0) is 19.1. The number of amides is 1. The smallest absolute Gasteiger partial charge is 0.404 e. The van der Waals surface area contributed by atoms with E-state index in [9.17, 15) is 14.9 Å². The minimum absolute atomic E-state index is 0.131. The van der Waals surface area contributed by atoms with E-state index in [1.165, 1.54) is 36.6 Å². The highest BCUT2D eigenvalue weighted by Gasteiger charge is 2.42. The fraction of sp³-hybridized carbons (Fsp3) is 0.556. The molecule has 9 heteroatoms. The van der Waals surface area contributed by atoms with Gasteiger partial charge in [0.1, 0.15) is 16.8 Å². The van der Waals surface area contributed by atoms with E-state index in [-0.39, 0.29) is 30.1 Å². The minimum Gasteiger partial charge on any atom is -0.454 e. The second-order valence-corrected chi connectivity index (χ2v) is 8.48. The van der Waals surface area contributed by atoms with E-state index < -0.39 is 4.92 Å². The summed E-state index contributed by atoms with van der Waals surface area (Å²) in [6, 6.07) is 3.45. The maximum Gasteiger partial charge on any atom is 0.404 e. The highest BCUT2D eigenvalue weighted by Crippen LogP contribution is 2.49. The Morgan fingerprint density at radius 2 is 2.30 bits per heavy atom. The molecule has 4 atom stereocenters. The number of halogens is 1. The maximum atomic E-state index is 12.5. The molecule has 2 heterocycles. The highest BCUT2D eigenvalue weighted by molar-refractivity contribution is 9.10. The molecule has 2 aliphatic carbocycles. The quantitative estimate of drug-likeness (QED) is 0.548. The third-order valence-corrected chi connectivity index (χ3v) is 6.43. The lowest BCUT2D eigenvalue weighted by Crippen LogP contribution is -2.40. The number of fused-ring (bicyclic) bond motifs is 2. The second-order valence-electron chi connectivity index (χ2n) is 7.62. The van der Waals surface area contributed by atoms with E-state index >= 15 is 0 Å². The number of carbonyl (C=O) groups is 1. The Morgan fingerprint density at radius 3 is 2.93 bits per heavy atom. The number of hydrogen-bond acceptors (Lipinski definition) is 5. The van der Waals surface area contributed by atoms with E-state index in [1.54, 1.807) is 12.1 Å². The van der Waals surface area contributed by atoms with Gasteiger partial charge in [-0.1, -0.05) is 6.42 Å². The molecular formula is C18H21BrN4O4. The Hall–Kier alpha value is -2.16. The lowest BCUT2D eigenvalue weighted by molar-refractivity contribution is -0.390. The maximum absolute atomic E-state index is 12.5. The Labute approximate surface area is 164 Å². The van der Waals surface area contributed by atoms with E-state index in [1.807, 2.05) is 0 Å². The Morgan fingerprint density at radius 1 is 1.48 bits per heavy atom. The zero-order valence-electron chi connectivity index (χ0n) is 14.9. The fourth-order valence-corrected chi connectivity index (χ4v) is 5.09. The predicted octanol–water partition coefficient (Wildman–Crippen LogP) is 3.75. The standard InChI is InChI=1S/C18H21BrN4O4/c1-10(14-7-11-2-3-12(14)6-11)20-18(24)16-5-4-13(27-16)8-22-9-15(19)17(21-22)23(25)26/h4-5,9-12,14H,2-3,6-8H2,1H3,(H,20,24). The van der Waals surface area contributed by atoms with Gasteiger partial charge in [0.05, 0.1) is 11.3 Å². The molecule has 2 fully saturated rings. The molecule has 0 radical (unpaired) electrons. The van der Waals surface area contributed by atoms with E-state index in [4.69, 9.17) is 4.42 Å². The third-order valence-electron chi connectivity index (χ3n) is 5.87. The van der Waals surface area contributed by atoms with Crippen LogP contribution >= 0.6 is 15.9 Å². The molecule has 0 aromatic carbocycles. The SMILES string of the molecule is CC(NC(=O)c1ccc(Cn2cc(Br)c([N+](=O)[O-])n2)o1)C1CC2CCC1C2. The molecule has 2 saturated carbocycles. The van der Waals surface area contributed by atoms with Crippen LogP contribution in [0.3, 0.4) is 0 Å². The van der Waals surface area contributed by atoms with Crippen molar-refractivity contribution in [3.63, 3.8) is 0 Å². The summed E-state index contributed by atoms with van der Waals surface area (Å²) < 4.78 is 7.33. The molecule has 27 heavy (non-hydrogen) atoms. The molecule has 1 amide bonds. The van der Waals surface area contributed by atoms with Crippen LogP contribution in [0.5, 0.6) is 0 Å². The predicted molar refractivity (Wildman–Crippen MR) is 100 cm³/mol. The summed E-state index contributed by atoms with van der Waals surface area (Å²) in [5.41, 5.74) is 0. The van der Waals surface area contributed by atoms with Gasteiger partial charge in [0.25, 0.3) is 5.91 Å². The Kier molecular flexibility index (Phi) is 4.79. The van der Waals surface area contributed by atoms with E-state index in [2.05, 4.69) is 33.3 Å². The van der Waals surface area contributed by atoms with Crippen LogP contribution in [0.15, 0.2) is 27.2 Å². The van der Waals surface area contributed by atoms with Gasteiger partial charge in [-0.3, -0.25) is 4.79 Å². The molecule has 1 N–H and O–H groups in total. The van der Waals surface area contributed by atoms with Crippen molar-refractivity contribution in [2.75, 3.05) is 0 Å². The van der Waals surface area contributed by atoms with Crippen molar-refractivity contribution in [3.8, 4) is 0 Å². The van der Waals surface area contributed by atoms with Gasteiger partial charge < -0.3 is 19.8 Å². The van der Waals surface area contributed by atoms with Gasteiger partial charge in [0.2, 0.25) is 0 Å². The van der Waals surface area contributed by atoms with Crippen molar-refractivity contribution >= 4 is 27.7 Å². The number of hydrogen-bond donors (Lipinski definition) is 1. The van der Waals surface area contributed by atoms with Crippen molar-refractivity contribution in [1.29, 1.82) is 0 Å². The topological polar surface area (TPSA) is 103 Å². The van der Waals surface area contributed by atoms with Gasteiger partial charge in [-0.15, -0.1) is 0 Å². The summed E-state index contributed by atoms with van der Waals surface area (Å²) in [6.45, 7) is 2.29. The molecule has 4 rings (SSSR count). The van der Waals surface area contributed by atoms with Crippen LogP contribution in [0.2, 0.25) is 0 Å². The molecule has 0 aliphatic heterocycles. The molecule has 2 bridgehead atoms. The van der Waals surface area contributed by atoms with Gasteiger partial charge in [0.15, 0.2) is 5.76 Å². The minimum atomic E-state index is -0.557. The molecule has 2 aromatic rings. The van der Waals surface area contributed by atoms with Crippen LogP contribution in [0, 0.1) is 27.9 Å². The van der Waals surface area contributed by atoms with Crippen molar-refractivity contribution in [2.45, 2.75) is 45.2 Å². The average molecular weight is 437 g/mol. The lowest BCUT2D eigenvalue weighted by Gasteiger charge is -2.28. The number of nitrogens with one attached hydrogen (secondary N) is 1. The largest absolute Gasteiger partial charge is 0.454 e. The van der Waals surface area contributed by atoms with Crippen molar-refractivity contribution < 1.29 is 14.1 Å². The zero-order valence-corrected chi connectivity index (χ0v) is 16.5. The number of aromatic nitrogens is 2. The fourth-order valence-electron chi connectivity index (χ4n) is 4.63. The molecular weight excluding hydrogens is 416 g/mol. The van der Waals surface area contributed by atoms with Crippen molar-refractivity contribution in [1.82, 2.24) is 15.1 Å². The number of furan rings is 1. The first-order valence-corrected chi connectivity index (χ1v) is 9.97.